The maximum atomic E-state index is 5.57. The summed E-state index contributed by atoms with van der Waals surface area (Å²) in [4.78, 5) is 14.4. The van der Waals surface area contributed by atoms with E-state index in [1.807, 2.05) is 6.20 Å². The molecule has 4 heterocycles. The van der Waals surface area contributed by atoms with Crippen molar-refractivity contribution in [3.05, 3.63) is 18.6 Å². The number of anilines is 1. The van der Waals surface area contributed by atoms with Crippen LogP contribution in [0.5, 0.6) is 0 Å². The predicted octanol–water partition coefficient (Wildman–Crippen LogP) is 3.32. The second-order valence-corrected chi connectivity index (χ2v) is 9.67. The van der Waals surface area contributed by atoms with Crippen molar-refractivity contribution in [3.8, 4) is 0 Å². The van der Waals surface area contributed by atoms with E-state index >= 15 is 0 Å². The number of nitrogens with zero attached hydrogens (tertiary/aromatic N) is 4. The summed E-state index contributed by atoms with van der Waals surface area (Å²) in [5, 5.41) is 1.12. The average molecular weight is 388 g/mol. The Hall–Kier alpha value is -1.31. The molecule has 0 radical (unpaired) electrons. The topological polar surface area (TPSA) is 57.3 Å². The first-order valence-electron chi connectivity index (χ1n) is 10.2. The van der Waals surface area contributed by atoms with E-state index in [1.165, 1.54) is 50.9 Å². The minimum Gasteiger partial charge on any atom is -0.381 e. The van der Waals surface area contributed by atoms with Gasteiger partial charge >= 0.3 is 0 Å². The van der Waals surface area contributed by atoms with E-state index < -0.39 is 0 Å². The summed E-state index contributed by atoms with van der Waals surface area (Å²) in [7, 11) is 2.18. The number of nitrogens with one attached hydrogen (secondary N) is 1. The van der Waals surface area contributed by atoms with E-state index in [-0.39, 0.29) is 0 Å². The van der Waals surface area contributed by atoms with Gasteiger partial charge in [-0.05, 0) is 49.5 Å². The summed E-state index contributed by atoms with van der Waals surface area (Å²) in [6.45, 7) is 4.45. The zero-order valence-corrected chi connectivity index (χ0v) is 16.9. The van der Waals surface area contributed by atoms with Gasteiger partial charge in [0.05, 0.1) is 5.39 Å². The SMILES string of the molecule is CN(c1ncnc2[nH]ccc12)C1CC(CSN2CCC3(CCOCC3)C2)C1. The van der Waals surface area contributed by atoms with E-state index in [1.54, 1.807) is 6.33 Å². The van der Waals surface area contributed by atoms with Crippen molar-refractivity contribution in [1.82, 2.24) is 19.3 Å². The highest BCUT2D eigenvalue weighted by atomic mass is 32.2. The first kappa shape index (κ1) is 17.8. The smallest absolute Gasteiger partial charge is 0.142 e. The first-order chi connectivity index (χ1) is 13.2. The van der Waals surface area contributed by atoms with Gasteiger partial charge in [0, 0.05) is 51.3 Å². The van der Waals surface area contributed by atoms with Crippen molar-refractivity contribution in [2.24, 2.45) is 11.3 Å². The summed E-state index contributed by atoms with van der Waals surface area (Å²) in [6.07, 6.45) is 10.0. The number of rotatable bonds is 5. The zero-order chi connectivity index (χ0) is 18.3. The minimum atomic E-state index is 0.558. The molecule has 3 fully saturated rings. The zero-order valence-electron chi connectivity index (χ0n) is 16.1. The number of hydrogen-bond donors (Lipinski definition) is 1. The molecule has 0 unspecified atom stereocenters. The van der Waals surface area contributed by atoms with Gasteiger partial charge in [-0.25, -0.2) is 9.97 Å². The van der Waals surface area contributed by atoms with Crippen molar-refractivity contribution in [2.75, 3.05) is 44.0 Å². The quantitative estimate of drug-likeness (QED) is 0.795. The van der Waals surface area contributed by atoms with Crippen molar-refractivity contribution in [2.45, 2.75) is 38.1 Å². The van der Waals surface area contributed by atoms with Crippen LogP contribution in [0.15, 0.2) is 18.6 Å². The molecule has 2 aromatic heterocycles. The lowest BCUT2D eigenvalue weighted by Gasteiger charge is -2.42. The molecule has 1 saturated carbocycles. The molecule has 0 aromatic carbocycles. The van der Waals surface area contributed by atoms with Gasteiger partial charge in [0.25, 0.3) is 0 Å². The molecule has 3 aliphatic rings. The predicted molar refractivity (Wildman–Crippen MR) is 110 cm³/mol. The lowest BCUT2D eigenvalue weighted by atomic mass is 9.80. The van der Waals surface area contributed by atoms with Crippen molar-refractivity contribution in [3.63, 3.8) is 0 Å². The largest absolute Gasteiger partial charge is 0.381 e. The van der Waals surface area contributed by atoms with Gasteiger partial charge in [0.15, 0.2) is 0 Å². The van der Waals surface area contributed by atoms with Crippen LogP contribution < -0.4 is 4.90 Å². The number of H-pyrrole nitrogens is 1. The van der Waals surface area contributed by atoms with E-state index in [9.17, 15) is 0 Å². The lowest BCUT2D eigenvalue weighted by Crippen LogP contribution is -2.44. The molecule has 0 atom stereocenters. The van der Waals surface area contributed by atoms with Crippen LogP contribution in [0.4, 0.5) is 5.82 Å². The van der Waals surface area contributed by atoms with Gasteiger partial charge in [-0.3, -0.25) is 4.31 Å². The second-order valence-electron chi connectivity index (χ2n) is 8.56. The van der Waals surface area contributed by atoms with Crippen molar-refractivity contribution < 1.29 is 4.74 Å². The summed E-state index contributed by atoms with van der Waals surface area (Å²) >= 11 is 2.09. The second kappa shape index (κ2) is 7.26. The van der Waals surface area contributed by atoms with Gasteiger partial charge < -0.3 is 14.6 Å². The fourth-order valence-electron chi connectivity index (χ4n) is 4.89. The molecule has 27 heavy (non-hydrogen) atoms. The van der Waals surface area contributed by atoms with Crippen LogP contribution in [0.3, 0.4) is 0 Å². The minimum absolute atomic E-state index is 0.558. The van der Waals surface area contributed by atoms with Gasteiger partial charge in [-0.1, -0.05) is 11.9 Å². The number of hydrogen-bond acceptors (Lipinski definition) is 6. The molecule has 6 nitrogen and oxygen atoms in total. The molecule has 1 spiro atoms. The lowest BCUT2D eigenvalue weighted by molar-refractivity contribution is 0.0225. The molecule has 2 aromatic rings. The summed E-state index contributed by atoms with van der Waals surface area (Å²) in [5.74, 6) is 3.15. The fraction of sp³-hybridized carbons (Fsp3) is 0.700. The van der Waals surface area contributed by atoms with E-state index in [4.69, 9.17) is 4.74 Å². The van der Waals surface area contributed by atoms with Crippen molar-refractivity contribution >= 4 is 28.8 Å². The average Bonchev–Trinajstić information content (AvgIpc) is 3.28. The van der Waals surface area contributed by atoms with Gasteiger partial charge in [-0.15, -0.1) is 0 Å². The summed E-state index contributed by atoms with van der Waals surface area (Å²) in [6, 6.07) is 2.68. The molecular formula is C20H29N5OS. The molecule has 146 valence electrons. The molecular weight excluding hydrogens is 358 g/mol. The van der Waals surface area contributed by atoms with E-state index in [0.29, 0.717) is 11.5 Å². The summed E-state index contributed by atoms with van der Waals surface area (Å²) < 4.78 is 8.20. The number of fused-ring (bicyclic) bond motifs is 1. The van der Waals surface area contributed by atoms with Crippen LogP contribution in [-0.2, 0) is 4.74 Å². The molecule has 1 N–H and O–H groups in total. The molecule has 2 saturated heterocycles. The number of aromatic amines is 1. The Morgan fingerprint density at radius 3 is 3.00 bits per heavy atom. The van der Waals surface area contributed by atoms with Crippen LogP contribution in [0.1, 0.15) is 32.1 Å². The Morgan fingerprint density at radius 1 is 1.30 bits per heavy atom. The monoisotopic (exact) mass is 387 g/mol. The third kappa shape index (κ3) is 3.45. The molecule has 1 aliphatic carbocycles. The Labute approximate surface area is 165 Å². The normalized spacial score (nSPS) is 27.9. The molecule has 2 aliphatic heterocycles. The van der Waals surface area contributed by atoms with Gasteiger partial charge in [-0.2, -0.15) is 0 Å². The molecule has 0 bridgehead atoms. The van der Waals surface area contributed by atoms with Crippen LogP contribution in [0, 0.1) is 11.3 Å². The Balaban J connectivity index is 1.10. The highest BCUT2D eigenvalue weighted by Crippen LogP contribution is 2.43. The first-order valence-corrected chi connectivity index (χ1v) is 11.1. The van der Waals surface area contributed by atoms with Gasteiger partial charge in [0.2, 0.25) is 0 Å². The van der Waals surface area contributed by atoms with Crippen LogP contribution in [0.25, 0.3) is 11.0 Å². The third-order valence-electron chi connectivity index (χ3n) is 6.88. The maximum Gasteiger partial charge on any atom is 0.142 e. The van der Waals surface area contributed by atoms with Crippen LogP contribution in [0.2, 0.25) is 0 Å². The molecule has 7 heteroatoms. The highest BCUT2D eigenvalue weighted by Gasteiger charge is 2.40. The van der Waals surface area contributed by atoms with Crippen LogP contribution in [-0.4, -0.2) is 64.4 Å². The number of ether oxygens (including phenoxy) is 1. The van der Waals surface area contributed by atoms with Crippen molar-refractivity contribution in [1.29, 1.82) is 0 Å². The summed E-state index contributed by atoms with van der Waals surface area (Å²) in [5.41, 5.74) is 1.48. The Morgan fingerprint density at radius 2 is 2.15 bits per heavy atom. The van der Waals surface area contributed by atoms with Crippen LogP contribution >= 0.6 is 11.9 Å². The van der Waals surface area contributed by atoms with Gasteiger partial charge in [0.1, 0.15) is 17.8 Å². The Kier molecular flexibility index (Phi) is 4.78. The number of aromatic nitrogens is 3. The fourth-order valence-corrected chi connectivity index (χ4v) is 6.17. The molecule has 5 rings (SSSR count). The Bertz CT molecular complexity index is 784. The highest BCUT2D eigenvalue weighted by molar-refractivity contribution is 7.97. The van der Waals surface area contributed by atoms with E-state index in [0.717, 1.165) is 36.0 Å². The maximum absolute atomic E-state index is 5.57. The van der Waals surface area contributed by atoms with E-state index in [2.05, 4.69) is 49.2 Å². The molecule has 0 amide bonds. The third-order valence-corrected chi connectivity index (χ3v) is 8.17. The standard InChI is InChI=1S/C20H29N5OS/c1-24(19-17-2-6-21-18(17)22-14-23-19)16-10-15(11-16)12-27-25-7-3-20(13-25)4-8-26-9-5-20/h2,6,14-16H,3-5,7-13H2,1H3,(H,21,22,23).